The van der Waals surface area contributed by atoms with E-state index in [2.05, 4.69) is 5.32 Å². The lowest BCUT2D eigenvalue weighted by atomic mass is 9.88. The fourth-order valence-electron chi connectivity index (χ4n) is 2.58. The summed E-state index contributed by atoms with van der Waals surface area (Å²) in [7, 11) is 0. The summed E-state index contributed by atoms with van der Waals surface area (Å²) >= 11 is 5.98. The van der Waals surface area contributed by atoms with Crippen LogP contribution in [-0.2, 0) is 0 Å². The minimum atomic E-state index is -0.719. The number of benzene rings is 1. The number of hydrogen-bond donors (Lipinski definition) is 2. The molecule has 1 aromatic carbocycles. The van der Waals surface area contributed by atoms with Gasteiger partial charge in [-0.3, -0.25) is 4.79 Å². The Balaban J connectivity index is 2.05. The van der Waals surface area contributed by atoms with E-state index in [0.29, 0.717) is 12.4 Å². The van der Waals surface area contributed by atoms with Crippen LogP contribution in [0.3, 0.4) is 0 Å². The average molecular weight is 286 g/mol. The van der Waals surface area contributed by atoms with Gasteiger partial charge in [-0.2, -0.15) is 0 Å². The molecule has 0 spiro atoms. The number of phenolic OH excluding ortho intramolecular Hbond substituents is 1. The van der Waals surface area contributed by atoms with Crippen LogP contribution in [0.5, 0.6) is 5.75 Å². The molecule has 1 fully saturated rings. The third kappa shape index (κ3) is 3.00. The first-order chi connectivity index (χ1) is 9.08. The maximum atomic E-state index is 13.5. The topological polar surface area (TPSA) is 49.3 Å². The second kappa shape index (κ2) is 5.78. The molecule has 0 aromatic heterocycles. The van der Waals surface area contributed by atoms with Crippen molar-refractivity contribution in [1.82, 2.24) is 5.32 Å². The van der Waals surface area contributed by atoms with Gasteiger partial charge in [0.25, 0.3) is 5.91 Å². The Bertz CT molecular complexity index is 452. The number of rotatable bonds is 4. The molecule has 1 aliphatic rings. The van der Waals surface area contributed by atoms with Gasteiger partial charge in [-0.05, 0) is 25.0 Å². The lowest BCUT2D eigenvalue weighted by Crippen LogP contribution is -2.37. The first kappa shape index (κ1) is 14.1. The zero-order valence-electron chi connectivity index (χ0n) is 10.6. The van der Waals surface area contributed by atoms with Crippen molar-refractivity contribution < 1.29 is 14.3 Å². The summed E-state index contributed by atoms with van der Waals surface area (Å²) in [6.45, 7) is 0.420. The molecule has 0 atom stereocenters. The number of phenols is 1. The Labute approximate surface area is 116 Å². The predicted molar refractivity (Wildman–Crippen MR) is 72.0 cm³/mol. The van der Waals surface area contributed by atoms with Crippen LogP contribution in [0, 0.1) is 11.2 Å². The Hall–Kier alpha value is -1.29. The quantitative estimate of drug-likeness (QED) is 0.835. The minimum absolute atomic E-state index is 0.0852. The van der Waals surface area contributed by atoms with Gasteiger partial charge in [0.05, 0.1) is 0 Å². The van der Waals surface area contributed by atoms with Gasteiger partial charge >= 0.3 is 0 Å². The van der Waals surface area contributed by atoms with Gasteiger partial charge in [0.2, 0.25) is 0 Å². The Morgan fingerprint density at radius 2 is 2.11 bits per heavy atom. The third-order valence-electron chi connectivity index (χ3n) is 3.79. The largest absolute Gasteiger partial charge is 0.507 e. The van der Waals surface area contributed by atoms with Gasteiger partial charge < -0.3 is 10.4 Å². The second-order valence-corrected chi connectivity index (χ2v) is 5.42. The van der Waals surface area contributed by atoms with E-state index in [1.165, 1.54) is 12.1 Å². The highest BCUT2D eigenvalue weighted by Crippen LogP contribution is 2.38. The van der Waals surface area contributed by atoms with E-state index in [1.807, 2.05) is 0 Å². The monoisotopic (exact) mass is 285 g/mol. The minimum Gasteiger partial charge on any atom is -0.507 e. The van der Waals surface area contributed by atoms with Crippen molar-refractivity contribution in [2.24, 2.45) is 5.41 Å². The fourth-order valence-corrected chi connectivity index (χ4v) is 2.94. The molecule has 1 aromatic rings. The van der Waals surface area contributed by atoms with Crippen molar-refractivity contribution in [3.8, 4) is 5.75 Å². The lowest BCUT2D eigenvalue weighted by Gasteiger charge is -2.26. The normalized spacial score (nSPS) is 17.4. The third-order valence-corrected chi connectivity index (χ3v) is 4.36. The molecule has 0 unspecified atom stereocenters. The number of alkyl halides is 1. The van der Waals surface area contributed by atoms with E-state index in [0.717, 1.165) is 31.7 Å². The number of amides is 1. The highest BCUT2D eigenvalue weighted by Gasteiger charge is 2.33. The van der Waals surface area contributed by atoms with Gasteiger partial charge in [0, 0.05) is 17.8 Å². The van der Waals surface area contributed by atoms with Crippen molar-refractivity contribution in [2.75, 3.05) is 12.4 Å². The summed E-state index contributed by atoms with van der Waals surface area (Å²) in [6.07, 6.45) is 4.15. The van der Waals surface area contributed by atoms with Crippen molar-refractivity contribution in [2.45, 2.75) is 25.7 Å². The summed E-state index contributed by atoms with van der Waals surface area (Å²) in [5, 5.41) is 12.2. The molecular weight excluding hydrogens is 269 g/mol. The Kier molecular flexibility index (Phi) is 4.30. The zero-order valence-corrected chi connectivity index (χ0v) is 11.3. The first-order valence-electron chi connectivity index (χ1n) is 6.40. The van der Waals surface area contributed by atoms with Crippen LogP contribution in [0.4, 0.5) is 4.39 Å². The number of carbonyl (C=O) groups excluding carboxylic acids is 1. The van der Waals surface area contributed by atoms with E-state index in [-0.39, 0.29) is 16.7 Å². The van der Waals surface area contributed by atoms with Gasteiger partial charge in [0.15, 0.2) is 0 Å². The van der Waals surface area contributed by atoms with E-state index in [4.69, 9.17) is 11.6 Å². The number of carbonyl (C=O) groups is 1. The summed E-state index contributed by atoms with van der Waals surface area (Å²) in [4.78, 5) is 11.9. The highest BCUT2D eigenvalue weighted by atomic mass is 35.5. The summed E-state index contributed by atoms with van der Waals surface area (Å²) in [5.74, 6) is -1.17. The first-order valence-corrected chi connectivity index (χ1v) is 6.93. The molecule has 5 heteroatoms. The molecule has 1 aliphatic carbocycles. The Morgan fingerprint density at radius 3 is 2.68 bits per heavy atom. The average Bonchev–Trinajstić information content (AvgIpc) is 2.86. The van der Waals surface area contributed by atoms with Crippen LogP contribution in [0.2, 0.25) is 0 Å². The lowest BCUT2D eigenvalue weighted by molar-refractivity contribution is 0.0928. The predicted octanol–water partition coefficient (Wildman–Crippen LogP) is 3.06. The SMILES string of the molecule is O=C(NCC1(CCl)CCCC1)c1c(O)cccc1F. The summed E-state index contributed by atoms with van der Waals surface area (Å²) in [6, 6.07) is 3.81. The number of aromatic hydroxyl groups is 1. The Morgan fingerprint density at radius 1 is 1.42 bits per heavy atom. The molecular formula is C14H17ClFNO2. The van der Waals surface area contributed by atoms with E-state index < -0.39 is 11.7 Å². The summed E-state index contributed by atoms with van der Waals surface area (Å²) < 4.78 is 13.5. The molecule has 0 aliphatic heterocycles. The molecule has 0 heterocycles. The molecule has 3 nitrogen and oxygen atoms in total. The number of hydrogen-bond acceptors (Lipinski definition) is 2. The smallest absolute Gasteiger partial charge is 0.258 e. The van der Waals surface area contributed by atoms with Crippen molar-refractivity contribution >= 4 is 17.5 Å². The maximum absolute atomic E-state index is 13.5. The van der Waals surface area contributed by atoms with Gasteiger partial charge in [-0.15, -0.1) is 11.6 Å². The van der Waals surface area contributed by atoms with Gasteiger partial charge in [-0.25, -0.2) is 4.39 Å². The van der Waals surface area contributed by atoms with Gasteiger partial charge in [0.1, 0.15) is 17.1 Å². The van der Waals surface area contributed by atoms with E-state index in [1.54, 1.807) is 0 Å². The van der Waals surface area contributed by atoms with Crippen LogP contribution < -0.4 is 5.32 Å². The van der Waals surface area contributed by atoms with E-state index >= 15 is 0 Å². The van der Waals surface area contributed by atoms with Crippen LogP contribution in [0.25, 0.3) is 0 Å². The van der Waals surface area contributed by atoms with Crippen LogP contribution >= 0.6 is 11.6 Å². The number of nitrogens with one attached hydrogen (secondary N) is 1. The highest BCUT2D eigenvalue weighted by molar-refractivity contribution is 6.18. The molecule has 1 amide bonds. The van der Waals surface area contributed by atoms with Crippen LogP contribution in [0.1, 0.15) is 36.0 Å². The van der Waals surface area contributed by atoms with Gasteiger partial charge in [-0.1, -0.05) is 18.9 Å². The molecule has 19 heavy (non-hydrogen) atoms. The maximum Gasteiger partial charge on any atom is 0.258 e. The molecule has 0 radical (unpaired) electrons. The summed E-state index contributed by atoms with van der Waals surface area (Å²) in [5.41, 5.74) is -0.386. The fraction of sp³-hybridized carbons (Fsp3) is 0.500. The zero-order chi connectivity index (χ0) is 13.9. The second-order valence-electron chi connectivity index (χ2n) is 5.16. The van der Waals surface area contributed by atoms with E-state index in [9.17, 15) is 14.3 Å². The van der Waals surface area contributed by atoms with Crippen LogP contribution in [-0.4, -0.2) is 23.4 Å². The molecule has 0 saturated heterocycles. The molecule has 2 rings (SSSR count). The standard InChI is InChI=1S/C14H17ClFNO2/c15-8-14(6-1-2-7-14)9-17-13(19)12-10(16)4-3-5-11(12)18/h3-5,18H,1-2,6-9H2,(H,17,19). The van der Waals surface area contributed by atoms with Crippen LogP contribution in [0.15, 0.2) is 18.2 Å². The van der Waals surface area contributed by atoms with Crippen molar-refractivity contribution in [3.05, 3.63) is 29.6 Å². The molecule has 2 N–H and O–H groups in total. The molecule has 0 bridgehead atoms. The number of halogens is 2. The van der Waals surface area contributed by atoms with Crippen molar-refractivity contribution in [3.63, 3.8) is 0 Å². The van der Waals surface area contributed by atoms with Crippen molar-refractivity contribution in [1.29, 1.82) is 0 Å². The molecule has 1 saturated carbocycles. The molecule has 104 valence electrons.